The summed E-state index contributed by atoms with van der Waals surface area (Å²) in [6, 6.07) is 13.0. The Bertz CT molecular complexity index is 1030. The number of hydrogen-bond acceptors (Lipinski definition) is 4. The second-order valence-corrected chi connectivity index (χ2v) is 9.62. The van der Waals surface area contributed by atoms with Gasteiger partial charge in [-0.2, -0.15) is 0 Å². The van der Waals surface area contributed by atoms with Crippen molar-refractivity contribution in [2.24, 2.45) is 0 Å². The van der Waals surface area contributed by atoms with E-state index >= 15 is 0 Å². The Morgan fingerprint density at radius 1 is 0.968 bits per heavy atom. The first-order chi connectivity index (χ1) is 14.8. The van der Waals surface area contributed by atoms with E-state index < -0.39 is 15.4 Å². The monoisotopic (exact) mass is 443 g/mol. The third kappa shape index (κ3) is 5.25. The molecular weight excluding hydrogens is 414 g/mol. The van der Waals surface area contributed by atoms with Gasteiger partial charge >= 0.3 is 0 Å². The SMILES string of the molecule is CCCCNC(=O)C1(c2ccc(NS(=O)(=O)c3ccc(NC(C)=O)cc3)cc2)CCC1. The molecule has 0 aromatic heterocycles. The first kappa shape index (κ1) is 22.8. The van der Waals surface area contributed by atoms with Gasteiger partial charge in [-0.3, -0.25) is 14.3 Å². The van der Waals surface area contributed by atoms with E-state index in [2.05, 4.69) is 22.3 Å². The van der Waals surface area contributed by atoms with Crippen molar-refractivity contribution in [2.45, 2.75) is 56.3 Å². The van der Waals surface area contributed by atoms with Crippen LogP contribution in [0.1, 0.15) is 51.5 Å². The van der Waals surface area contributed by atoms with Crippen molar-refractivity contribution < 1.29 is 18.0 Å². The summed E-state index contributed by atoms with van der Waals surface area (Å²) < 4.78 is 27.9. The van der Waals surface area contributed by atoms with Crippen LogP contribution >= 0.6 is 0 Å². The number of hydrogen-bond donors (Lipinski definition) is 3. The van der Waals surface area contributed by atoms with Crippen molar-refractivity contribution in [1.82, 2.24) is 5.32 Å². The van der Waals surface area contributed by atoms with E-state index in [4.69, 9.17) is 0 Å². The lowest BCUT2D eigenvalue weighted by atomic mass is 9.64. The van der Waals surface area contributed by atoms with Crippen molar-refractivity contribution in [2.75, 3.05) is 16.6 Å². The van der Waals surface area contributed by atoms with Crippen molar-refractivity contribution in [3.8, 4) is 0 Å². The molecule has 7 nitrogen and oxygen atoms in total. The Morgan fingerprint density at radius 2 is 1.58 bits per heavy atom. The quantitative estimate of drug-likeness (QED) is 0.513. The molecule has 3 rings (SSSR count). The summed E-state index contributed by atoms with van der Waals surface area (Å²) in [6.07, 6.45) is 4.59. The number of sulfonamides is 1. The fourth-order valence-electron chi connectivity index (χ4n) is 3.72. The molecule has 166 valence electrons. The van der Waals surface area contributed by atoms with Gasteiger partial charge in [0.15, 0.2) is 0 Å². The van der Waals surface area contributed by atoms with Gasteiger partial charge in [0.25, 0.3) is 10.0 Å². The molecule has 0 saturated heterocycles. The van der Waals surface area contributed by atoms with Crippen molar-refractivity contribution in [1.29, 1.82) is 0 Å². The van der Waals surface area contributed by atoms with Crippen LogP contribution in [-0.4, -0.2) is 26.8 Å². The molecule has 0 atom stereocenters. The van der Waals surface area contributed by atoms with Gasteiger partial charge in [0.05, 0.1) is 10.3 Å². The summed E-state index contributed by atoms with van der Waals surface area (Å²) in [5.74, 6) is -0.170. The molecule has 1 fully saturated rings. The van der Waals surface area contributed by atoms with Crippen LogP contribution in [0.4, 0.5) is 11.4 Å². The maximum absolute atomic E-state index is 12.8. The number of benzene rings is 2. The maximum Gasteiger partial charge on any atom is 0.261 e. The molecule has 0 aliphatic heterocycles. The van der Waals surface area contributed by atoms with Gasteiger partial charge in [-0.15, -0.1) is 0 Å². The Balaban J connectivity index is 1.71. The highest BCUT2D eigenvalue weighted by atomic mass is 32.2. The summed E-state index contributed by atoms with van der Waals surface area (Å²) in [6.45, 7) is 4.15. The Morgan fingerprint density at radius 3 is 2.10 bits per heavy atom. The zero-order chi connectivity index (χ0) is 22.5. The molecule has 0 radical (unpaired) electrons. The molecule has 3 N–H and O–H groups in total. The largest absolute Gasteiger partial charge is 0.355 e. The van der Waals surface area contributed by atoms with Crippen molar-refractivity contribution >= 4 is 33.2 Å². The molecule has 2 aromatic carbocycles. The zero-order valence-corrected chi connectivity index (χ0v) is 18.7. The highest BCUT2D eigenvalue weighted by Crippen LogP contribution is 2.44. The predicted molar refractivity (Wildman–Crippen MR) is 121 cm³/mol. The number of unbranched alkanes of at least 4 members (excludes halogenated alkanes) is 1. The van der Waals surface area contributed by atoms with Crippen molar-refractivity contribution in [3.63, 3.8) is 0 Å². The van der Waals surface area contributed by atoms with Crippen LogP contribution in [0.15, 0.2) is 53.4 Å². The van der Waals surface area contributed by atoms with Crippen LogP contribution in [0.2, 0.25) is 0 Å². The molecule has 0 bridgehead atoms. The number of nitrogens with one attached hydrogen (secondary N) is 3. The molecule has 1 aliphatic carbocycles. The van der Waals surface area contributed by atoms with E-state index in [-0.39, 0.29) is 16.7 Å². The second-order valence-electron chi connectivity index (χ2n) is 7.93. The van der Waals surface area contributed by atoms with Gasteiger partial charge in [-0.1, -0.05) is 31.9 Å². The van der Waals surface area contributed by atoms with Gasteiger partial charge in [0.2, 0.25) is 11.8 Å². The normalized spacial score (nSPS) is 14.9. The molecule has 2 amide bonds. The topological polar surface area (TPSA) is 104 Å². The first-order valence-electron chi connectivity index (χ1n) is 10.6. The third-order valence-corrected chi connectivity index (χ3v) is 7.03. The van der Waals surface area contributed by atoms with E-state index in [1.54, 1.807) is 12.1 Å². The van der Waals surface area contributed by atoms with Crippen LogP contribution in [0, 0.1) is 0 Å². The maximum atomic E-state index is 12.8. The summed E-state index contributed by atoms with van der Waals surface area (Å²) in [4.78, 5) is 24.0. The summed E-state index contributed by atoms with van der Waals surface area (Å²) in [5.41, 5.74) is 1.36. The summed E-state index contributed by atoms with van der Waals surface area (Å²) in [5, 5.41) is 5.64. The molecule has 1 saturated carbocycles. The molecule has 0 unspecified atom stereocenters. The van der Waals surface area contributed by atoms with E-state index in [1.807, 2.05) is 12.1 Å². The van der Waals surface area contributed by atoms with Gasteiger partial charge < -0.3 is 10.6 Å². The predicted octanol–water partition coefficient (Wildman–Crippen LogP) is 3.78. The van der Waals surface area contributed by atoms with Gasteiger partial charge in [-0.05, 0) is 61.2 Å². The van der Waals surface area contributed by atoms with Crippen molar-refractivity contribution in [3.05, 3.63) is 54.1 Å². The van der Waals surface area contributed by atoms with Crippen LogP contribution in [0.3, 0.4) is 0 Å². The van der Waals surface area contributed by atoms with Gasteiger partial charge in [0.1, 0.15) is 0 Å². The molecule has 31 heavy (non-hydrogen) atoms. The molecule has 8 heteroatoms. The minimum absolute atomic E-state index is 0.0554. The summed E-state index contributed by atoms with van der Waals surface area (Å²) >= 11 is 0. The lowest BCUT2D eigenvalue weighted by Gasteiger charge is -2.40. The lowest BCUT2D eigenvalue weighted by molar-refractivity contribution is -0.129. The van der Waals surface area contributed by atoms with Crippen LogP contribution < -0.4 is 15.4 Å². The number of carbonyl (C=O) groups is 2. The average molecular weight is 444 g/mol. The number of amides is 2. The van der Waals surface area contributed by atoms with Crippen LogP contribution in [-0.2, 0) is 25.0 Å². The molecule has 1 aliphatic rings. The minimum Gasteiger partial charge on any atom is -0.355 e. The fourth-order valence-corrected chi connectivity index (χ4v) is 4.78. The second kappa shape index (κ2) is 9.51. The van der Waals surface area contributed by atoms with E-state index in [9.17, 15) is 18.0 Å². The molecule has 2 aromatic rings. The van der Waals surface area contributed by atoms with E-state index in [1.165, 1.54) is 31.2 Å². The van der Waals surface area contributed by atoms with Crippen LogP contribution in [0.25, 0.3) is 0 Å². The zero-order valence-electron chi connectivity index (χ0n) is 17.9. The smallest absolute Gasteiger partial charge is 0.261 e. The van der Waals surface area contributed by atoms with E-state index in [0.717, 1.165) is 37.7 Å². The molecular formula is C23H29N3O4S. The fraction of sp³-hybridized carbons (Fsp3) is 0.391. The first-order valence-corrected chi connectivity index (χ1v) is 12.0. The molecule has 0 heterocycles. The van der Waals surface area contributed by atoms with Gasteiger partial charge in [0, 0.05) is 24.8 Å². The van der Waals surface area contributed by atoms with Gasteiger partial charge in [-0.25, -0.2) is 8.42 Å². The standard InChI is InChI=1S/C23H29N3O4S/c1-3-4-16-24-22(28)23(14-5-15-23)18-6-8-20(9-7-18)26-31(29,30)21-12-10-19(11-13-21)25-17(2)27/h6-13,26H,3-5,14-16H2,1-2H3,(H,24,28)(H,25,27). The average Bonchev–Trinajstić information content (AvgIpc) is 2.68. The van der Waals surface area contributed by atoms with Crippen LogP contribution in [0.5, 0.6) is 0 Å². The Hall–Kier alpha value is -2.87. The summed E-state index contributed by atoms with van der Waals surface area (Å²) in [7, 11) is -3.77. The Labute approximate surface area is 183 Å². The van der Waals surface area contributed by atoms with E-state index in [0.29, 0.717) is 17.9 Å². The number of anilines is 2. The highest BCUT2D eigenvalue weighted by Gasteiger charge is 2.45. The number of carbonyl (C=O) groups excluding carboxylic acids is 2. The molecule has 0 spiro atoms. The number of rotatable bonds is 9. The third-order valence-electron chi connectivity index (χ3n) is 5.63. The Kier molecular flexibility index (Phi) is 7.00. The highest BCUT2D eigenvalue weighted by molar-refractivity contribution is 7.92. The minimum atomic E-state index is -3.77. The lowest BCUT2D eigenvalue weighted by Crippen LogP contribution is -2.49.